The molecule has 0 radical (unpaired) electrons. The summed E-state index contributed by atoms with van der Waals surface area (Å²) >= 11 is 6.00. The predicted molar refractivity (Wildman–Crippen MR) is 77.3 cm³/mol. The summed E-state index contributed by atoms with van der Waals surface area (Å²) in [7, 11) is 0. The number of aryl methyl sites for hydroxylation is 1. The minimum Gasteiger partial charge on any atom is -0.368 e. The molecule has 1 rings (SSSR count). The van der Waals surface area contributed by atoms with Gasteiger partial charge < -0.3 is 10.6 Å². The van der Waals surface area contributed by atoms with Gasteiger partial charge in [-0.25, -0.2) is 0 Å². The van der Waals surface area contributed by atoms with Crippen LogP contribution in [0.3, 0.4) is 0 Å². The Morgan fingerprint density at radius 1 is 1.32 bits per heavy atom. The molecule has 19 heavy (non-hydrogen) atoms. The summed E-state index contributed by atoms with van der Waals surface area (Å²) in [6.07, 6.45) is 1.27. The van der Waals surface area contributed by atoms with Crippen molar-refractivity contribution in [2.45, 2.75) is 32.1 Å². The summed E-state index contributed by atoms with van der Waals surface area (Å²) in [6, 6.07) is 7.45. The van der Waals surface area contributed by atoms with Gasteiger partial charge in [-0.15, -0.1) is 11.6 Å². The molecule has 2 amide bonds. The lowest BCUT2D eigenvalue weighted by Crippen LogP contribution is -2.42. The highest BCUT2D eigenvalue weighted by molar-refractivity contribution is 6.33. The Bertz CT molecular complexity index is 463. The number of halogens is 1. The van der Waals surface area contributed by atoms with Crippen molar-refractivity contribution < 1.29 is 9.59 Å². The number of anilines is 1. The molecule has 1 atom stereocenters. The van der Waals surface area contributed by atoms with Gasteiger partial charge in [-0.3, -0.25) is 9.59 Å². The maximum atomic E-state index is 12.3. The van der Waals surface area contributed by atoms with Crippen molar-refractivity contribution >= 4 is 29.1 Å². The zero-order chi connectivity index (χ0) is 14.4. The van der Waals surface area contributed by atoms with Crippen LogP contribution in [0.25, 0.3) is 0 Å². The van der Waals surface area contributed by atoms with Gasteiger partial charge in [0.25, 0.3) is 0 Å². The predicted octanol–water partition coefficient (Wildman–Crippen LogP) is 2.08. The Kier molecular flexibility index (Phi) is 5.83. The Hall–Kier alpha value is -1.55. The fraction of sp³-hybridized carbons (Fsp3) is 0.429. The average Bonchev–Trinajstić information content (AvgIpc) is 2.42. The number of carbonyl (C=O) groups excluding carboxylic acids is 2. The van der Waals surface area contributed by atoms with E-state index in [-0.39, 0.29) is 12.5 Å². The number of para-hydroxylation sites is 1. The van der Waals surface area contributed by atoms with Gasteiger partial charge in [0.1, 0.15) is 11.9 Å². The zero-order valence-corrected chi connectivity index (χ0v) is 12.0. The number of benzene rings is 1. The van der Waals surface area contributed by atoms with Crippen LogP contribution in [0, 0.1) is 0 Å². The van der Waals surface area contributed by atoms with Crippen LogP contribution in [0.1, 0.15) is 25.8 Å². The van der Waals surface area contributed by atoms with Crippen molar-refractivity contribution in [2.75, 3.05) is 11.4 Å². The summed E-state index contributed by atoms with van der Waals surface area (Å²) in [5, 5.41) is -0.649. The minimum atomic E-state index is -0.649. The molecule has 104 valence electrons. The van der Waals surface area contributed by atoms with Gasteiger partial charge in [-0.1, -0.05) is 32.0 Å². The fourth-order valence-corrected chi connectivity index (χ4v) is 1.97. The molecule has 1 aromatic rings. The van der Waals surface area contributed by atoms with Gasteiger partial charge in [-0.05, 0) is 24.5 Å². The number of rotatable bonds is 6. The number of nitrogens with two attached hydrogens (primary N) is 1. The Morgan fingerprint density at radius 3 is 2.47 bits per heavy atom. The van der Waals surface area contributed by atoms with Gasteiger partial charge in [0, 0.05) is 5.69 Å². The molecule has 0 bridgehead atoms. The molecule has 0 aromatic heterocycles. The van der Waals surface area contributed by atoms with Crippen LogP contribution in [0.2, 0.25) is 0 Å². The molecule has 0 saturated heterocycles. The molecule has 1 aromatic carbocycles. The third-order valence-corrected chi connectivity index (χ3v) is 3.36. The highest BCUT2D eigenvalue weighted by Crippen LogP contribution is 2.23. The first-order valence-corrected chi connectivity index (χ1v) is 6.76. The number of carbonyl (C=O) groups is 2. The number of alkyl halides is 1. The Morgan fingerprint density at radius 2 is 1.95 bits per heavy atom. The number of hydrogen-bond acceptors (Lipinski definition) is 2. The summed E-state index contributed by atoms with van der Waals surface area (Å²) in [6.45, 7) is 3.66. The lowest BCUT2D eigenvalue weighted by molar-refractivity contribution is -0.122. The average molecular weight is 283 g/mol. The van der Waals surface area contributed by atoms with E-state index >= 15 is 0 Å². The lowest BCUT2D eigenvalue weighted by atomic mass is 10.1. The molecule has 0 aliphatic heterocycles. The van der Waals surface area contributed by atoms with Gasteiger partial charge >= 0.3 is 0 Å². The molecule has 1 unspecified atom stereocenters. The maximum Gasteiger partial charge on any atom is 0.245 e. The van der Waals surface area contributed by atoms with E-state index in [9.17, 15) is 9.59 Å². The minimum absolute atomic E-state index is 0.154. The summed E-state index contributed by atoms with van der Waals surface area (Å²) in [5.74, 6) is -0.844. The van der Waals surface area contributed by atoms with Crippen LogP contribution >= 0.6 is 11.6 Å². The van der Waals surface area contributed by atoms with Gasteiger partial charge in [0.2, 0.25) is 11.8 Å². The fourth-order valence-electron chi connectivity index (χ4n) is 1.85. The SMILES string of the molecule is CCc1ccccc1N(CC(N)=O)C(=O)C(Cl)CC. The van der Waals surface area contributed by atoms with Crippen LogP contribution in [-0.4, -0.2) is 23.7 Å². The van der Waals surface area contributed by atoms with Crippen LogP contribution in [0.5, 0.6) is 0 Å². The highest BCUT2D eigenvalue weighted by Gasteiger charge is 2.25. The molecule has 2 N–H and O–H groups in total. The number of nitrogens with zero attached hydrogens (tertiary/aromatic N) is 1. The summed E-state index contributed by atoms with van der Waals surface area (Å²) < 4.78 is 0. The van der Waals surface area contributed by atoms with Gasteiger partial charge in [-0.2, -0.15) is 0 Å². The third kappa shape index (κ3) is 3.96. The van der Waals surface area contributed by atoms with Crippen molar-refractivity contribution in [1.82, 2.24) is 0 Å². The van der Waals surface area contributed by atoms with E-state index in [4.69, 9.17) is 17.3 Å². The smallest absolute Gasteiger partial charge is 0.245 e. The molecule has 0 aliphatic rings. The van der Waals surface area contributed by atoms with Crippen LogP contribution < -0.4 is 10.6 Å². The summed E-state index contributed by atoms with van der Waals surface area (Å²) in [4.78, 5) is 24.8. The second-order valence-corrected chi connectivity index (χ2v) is 4.78. The van der Waals surface area contributed by atoms with Gasteiger partial charge in [0.15, 0.2) is 0 Å². The Balaban J connectivity index is 3.16. The van der Waals surface area contributed by atoms with Crippen molar-refractivity contribution in [1.29, 1.82) is 0 Å². The van der Waals surface area contributed by atoms with E-state index in [1.54, 1.807) is 6.07 Å². The van der Waals surface area contributed by atoms with E-state index in [1.807, 2.05) is 32.0 Å². The molecule has 0 spiro atoms. The van der Waals surface area contributed by atoms with Crippen LogP contribution in [0.15, 0.2) is 24.3 Å². The van der Waals surface area contributed by atoms with Crippen molar-refractivity contribution in [3.8, 4) is 0 Å². The highest BCUT2D eigenvalue weighted by atomic mass is 35.5. The van der Waals surface area contributed by atoms with Crippen molar-refractivity contribution in [3.05, 3.63) is 29.8 Å². The number of amides is 2. The summed E-state index contributed by atoms with van der Waals surface area (Å²) in [5.41, 5.74) is 6.91. The zero-order valence-electron chi connectivity index (χ0n) is 11.2. The first-order valence-electron chi connectivity index (χ1n) is 6.32. The van der Waals surface area contributed by atoms with Gasteiger partial charge in [0.05, 0.1) is 0 Å². The van der Waals surface area contributed by atoms with E-state index < -0.39 is 11.3 Å². The molecule has 0 saturated carbocycles. The Labute approximate surface area is 118 Å². The monoisotopic (exact) mass is 282 g/mol. The van der Waals surface area contributed by atoms with E-state index in [1.165, 1.54) is 4.90 Å². The van der Waals surface area contributed by atoms with E-state index in [0.717, 1.165) is 12.0 Å². The van der Waals surface area contributed by atoms with Crippen LogP contribution in [-0.2, 0) is 16.0 Å². The second kappa shape index (κ2) is 7.14. The number of primary amides is 1. The molecule has 4 nitrogen and oxygen atoms in total. The molecular weight excluding hydrogens is 264 g/mol. The quantitative estimate of drug-likeness (QED) is 0.812. The first kappa shape index (κ1) is 15.5. The maximum absolute atomic E-state index is 12.3. The standard InChI is InChI=1S/C14H19ClN2O2/c1-3-10-7-5-6-8-12(10)17(9-13(16)18)14(19)11(15)4-2/h5-8,11H,3-4,9H2,1-2H3,(H2,16,18). The van der Waals surface area contributed by atoms with Crippen molar-refractivity contribution in [2.24, 2.45) is 5.73 Å². The van der Waals surface area contributed by atoms with E-state index in [2.05, 4.69) is 0 Å². The molecule has 0 heterocycles. The number of hydrogen-bond donors (Lipinski definition) is 1. The largest absolute Gasteiger partial charge is 0.368 e. The van der Waals surface area contributed by atoms with Crippen molar-refractivity contribution in [3.63, 3.8) is 0 Å². The first-order chi connectivity index (χ1) is 9.01. The topological polar surface area (TPSA) is 63.4 Å². The normalized spacial score (nSPS) is 11.9. The third-order valence-electron chi connectivity index (χ3n) is 2.87. The van der Waals surface area contributed by atoms with E-state index in [0.29, 0.717) is 12.1 Å². The lowest BCUT2D eigenvalue weighted by Gasteiger charge is -2.25. The molecule has 5 heteroatoms. The van der Waals surface area contributed by atoms with Crippen LogP contribution in [0.4, 0.5) is 5.69 Å². The molecular formula is C14H19ClN2O2. The molecule has 0 fully saturated rings. The molecule has 0 aliphatic carbocycles. The second-order valence-electron chi connectivity index (χ2n) is 4.25.